The van der Waals surface area contributed by atoms with Crippen molar-refractivity contribution in [3.8, 4) is 5.75 Å². The molecule has 1 rings (SSSR count). The summed E-state index contributed by atoms with van der Waals surface area (Å²) in [5.74, 6) is 1.21. The predicted octanol–water partition coefficient (Wildman–Crippen LogP) is 2.21. The number of nitrogens with two attached hydrogens (primary N) is 1. The quantitative estimate of drug-likeness (QED) is 0.832. The van der Waals surface area contributed by atoms with Gasteiger partial charge >= 0.3 is 0 Å². The average Bonchev–Trinajstić information content (AvgIpc) is 2.40. The number of likely N-dealkylation sites (N-methyl/N-ethyl adjacent to an activating group) is 1. The van der Waals surface area contributed by atoms with Crippen molar-refractivity contribution in [3.05, 3.63) is 29.8 Å². The largest absolute Gasteiger partial charge is 0.492 e. The molecule has 0 aliphatic carbocycles. The maximum atomic E-state index is 11.9. The molecule has 0 fully saturated rings. The molecule has 0 bridgehead atoms. The van der Waals surface area contributed by atoms with Crippen molar-refractivity contribution in [1.29, 1.82) is 0 Å². The van der Waals surface area contributed by atoms with Crippen LogP contribution in [0.1, 0.15) is 25.8 Å². The van der Waals surface area contributed by atoms with Crippen molar-refractivity contribution in [2.24, 2.45) is 11.7 Å². The highest BCUT2D eigenvalue weighted by molar-refractivity contribution is 5.76. The summed E-state index contributed by atoms with van der Waals surface area (Å²) < 4.78 is 5.61. The Morgan fingerprint density at radius 3 is 2.45 bits per heavy atom. The van der Waals surface area contributed by atoms with Gasteiger partial charge in [-0.1, -0.05) is 31.5 Å². The summed E-state index contributed by atoms with van der Waals surface area (Å²) >= 11 is 0. The maximum Gasteiger partial charge on any atom is 0.223 e. The van der Waals surface area contributed by atoms with Gasteiger partial charge in [-0.25, -0.2) is 0 Å². The van der Waals surface area contributed by atoms with Crippen LogP contribution < -0.4 is 10.5 Å². The summed E-state index contributed by atoms with van der Waals surface area (Å²) in [5, 5.41) is 0. The second-order valence-corrected chi connectivity index (χ2v) is 5.59. The van der Waals surface area contributed by atoms with Crippen LogP contribution in [0.5, 0.6) is 5.75 Å². The van der Waals surface area contributed by atoms with Gasteiger partial charge in [0.1, 0.15) is 12.4 Å². The zero-order valence-corrected chi connectivity index (χ0v) is 12.9. The predicted molar refractivity (Wildman–Crippen MR) is 81.7 cm³/mol. The van der Waals surface area contributed by atoms with Crippen LogP contribution >= 0.6 is 0 Å². The van der Waals surface area contributed by atoms with Crippen LogP contribution in [0.15, 0.2) is 24.3 Å². The standard InChI is InChI=1S/C16H26N2O2/c1-12(2)15(17)11-16(19)18(4)9-10-20-14-7-5-13(3)6-8-14/h5-8,12,15H,9-11,17H2,1-4H3. The fourth-order valence-electron chi connectivity index (χ4n) is 1.65. The highest BCUT2D eigenvalue weighted by Gasteiger charge is 2.16. The average molecular weight is 278 g/mol. The highest BCUT2D eigenvalue weighted by atomic mass is 16.5. The first kappa shape index (κ1) is 16.5. The number of rotatable bonds is 7. The van der Waals surface area contributed by atoms with Crippen LogP contribution in [0.3, 0.4) is 0 Å². The molecule has 1 amide bonds. The van der Waals surface area contributed by atoms with Gasteiger partial charge in [0, 0.05) is 19.5 Å². The molecule has 0 heterocycles. The Hall–Kier alpha value is -1.55. The van der Waals surface area contributed by atoms with Crippen molar-refractivity contribution in [2.75, 3.05) is 20.2 Å². The Balaban J connectivity index is 2.30. The maximum absolute atomic E-state index is 11.9. The Bertz CT molecular complexity index is 415. The van der Waals surface area contributed by atoms with Gasteiger partial charge in [-0.05, 0) is 25.0 Å². The molecule has 0 saturated carbocycles. The lowest BCUT2D eigenvalue weighted by Crippen LogP contribution is -2.37. The topological polar surface area (TPSA) is 55.6 Å². The van der Waals surface area contributed by atoms with E-state index in [1.807, 2.05) is 45.0 Å². The first-order chi connectivity index (χ1) is 9.40. The van der Waals surface area contributed by atoms with Gasteiger partial charge in [-0.3, -0.25) is 4.79 Å². The van der Waals surface area contributed by atoms with Crippen molar-refractivity contribution < 1.29 is 9.53 Å². The summed E-state index contributed by atoms with van der Waals surface area (Å²) in [4.78, 5) is 13.6. The normalized spacial score (nSPS) is 12.3. The molecule has 0 radical (unpaired) electrons. The molecule has 20 heavy (non-hydrogen) atoms. The van der Waals surface area contributed by atoms with Crippen molar-refractivity contribution in [2.45, 2.75) is 33.2 Å². The molecule has 112 valence electrons. The second kappa shape index (κ2) is 7.90. The molecule has 0 saturated heterocycles. The Morgan fingerprint density at radius 1 is 1.30 bits per heavy atom. The van der Waals surface area contributed by atoms with Gasteiger partial charge in [0.25, 0.3) is 0 Å². The van der Waals surface area contributed by atoms with Gasteiger partial charge in [0.2, 0.25) is 5.91 Å². The smallest absolute Gasteiger partial charge is 0.223 e. The number of aryl methyl sites for hydroxylation is 1. The Morgan fingerprint density at radius 2 is 1.90 bits per heavy atom. The molecule has 0 aliphatic rings. The van der Waals surface area contributed by atoms with Crippen molar-refractivity contribution >= 4 is 5.91 Å². The first-order valence-electron chi connectivity index (χ1n) is 7.09. The summed E-state index contributed by atoms with van der Waals surface area (Å²) in [6, 6.07) is 7.80. The Kier molecular flexibility index (Phi) is 6.52. The zero-order valence-electron chi connectivity index (χ0n) is 12.9. The molecule has 2 N–H and O–H groups in total. The number of nitrogens with zero attached hydrogens (tertiary/aromatic N) is 1. The van der Waals surface area contributed by atoms with Crippen LogP contribution in [0, 0.1) is 12.8 Å². The molecule has 4 heteroatoms. The molecular formula is C16H26N2O2. The number of benzene rings is 1. The molecular weight excluding hydrogens is 252 g/mol. The molecule has 1 aromatic rings. The van der Waals surface area contributed by atoms with Gasteiger partial charge in [0.05, 0.1) is 6.54 Å². The third-order valence-corrected chi connectivity index (χ3v) is 3.41. The highest BCUT2D eigenvalue weighted by Crippen LogP contribution is 2.11. The third-order valence-electron chi connectivity index (χ3n) is 3.41. The lowest BCUT2D eigenvalue weighted by Gasteiger charge is -2.21. The van der Waals surface area contributed by atoms with E-state index in [2.05, 4.69) is 0 Å². The van der Waals surface area contributed by atoms with Crippen molar-refractivity contribution in [3.63, 3.8) is 0 Å². The van der Waals surface area contributed by atoms with Gasteiger partial charge in [0.15, 0.2) is 0 Å². The summed E-state index contributed by atoms with van der Waals surface area (Å²) in [6.45, 7) is 7.14. The minimum Gasteiger partial charge on any atom is -0.492 e. The van der Waals surface area contributed by atoms with Crippen LogP contribution in [-0.2, 0) is 4.79 Å². The zero-order chi connectivity index (χ0) is 15.1. The minimum absolute atomic E-state index is 0.0682. The molecule has 1 unspecified atom stereocenters. The monoisotopic (exact) mass is 278 g/mol. The number of hydrogen-bond acceptors (Lipinski definition) is 3. The summed E-state index contributed by atoms with van der Waals surface area (Å²) in [7, 11) is 1.79. The number of carbonyl (C=O) groups is 1. The van der Waals surface area contributed by atoms with E-state index in [-0.39, 0.29) is 11.9 Å². The Labute approximate surface area is 121 Å². The van der Waals surface area contributed by atoms with E-state index in [1.165, 1.54) is 5.56 Å². The van der Waals surface area contributed by atoms with E-state index >= 15 is 0 Å². The minimum atomic E-state index is -0.0806. The van der Waals surface area contributed by atoms with Gasteiger partial charge in [-0.15, -0.1) is 0 Å². The summed E-state index contributed by atoms with van der Waals surface area (Å²) in [5.41, 5.74) is 7.11. The molecule has 0 spiro atoms. The van der Waals surface area contributed by atoms with Crippen LogP contribution in [-0.4, -0.2) is 37.0 Å². The van der Waals surface area contributed by atoms with Crippen LogP contribution in [0.25, 0.3) is 0 Å². The van der Waals surface area contributed by atoms with Crippen LogP contribution in [0.2, 0.25) is 0 Å². The fraction of sp³-hybridized carbons (Fsp3) is 0.562. The van der Waals surface area contributed by atoms with E-state index < -0.39 is 0 Å². The number of carbonyl (C=O) groups excluding carboxylic acids is 1. The molecule has 1 atom stereocenters. The number of ether oxygens (including phenoxy) is 1. The first-order valence-corrected chi connectivity index (χ1v) is 7.09. The summed E-state index contributed by atoms with van der Waals surface area (Å²) in [6.07, 6.45) is 0.388. The van der Waals surface area contributed by atoms with Crippen LogP contribution in [0.4, 0.5) is 0 Å². The van der Waals surface area contributed by atoms with E-state index in [0.29, 0.717) is 25.5 Å². The van der Waals surface area contributed by atoms with Crippen molar-refractivity contribution in [1.82, 2.24) is 4.90 Å². The van der Waals surface area contributed by atoms with E-state index in [4.69, 9.17) is 10.5 Å². The molecule has 0 aliphatic heterocycles. The molecule has 1 aromatic carbocycles. The second-order valence-electron chi connectivity index (χ2n) is 5.59. The van der Waals surface area contributed by atoms with Gasteiger partial charge < -0.3 is 15.4 Å². The third kappa shape index (κ3) is 5.61. The number of hydrogen-bond donors (Lipinski definition) is 1. The molecule has 4 nitrogen and oxygen atoms in total. The fourth-order valence-corrected chi connectivity index (χ4v) is 1.65. The van der Waals surface area contributed by atoms with Gasteiger partial charge in [-0.2, -0.15) is 0 Å². The lowest BCUT2D eigenvalue weighted by molar-refractivity contribution is -0.130. The SMILES string of the molecule is Cc1ccc(OCCN(C)C(=O)CC(N)C(C)C)cc1. The molecule has 0 aromatic heterocycles. The number of amides is 1. The van der Waals surface area contributed by atoms with E-state index in [9.17, 15) is 4.79 Å². The van der Waals surface area contributed by atoms with E-state index in [1.54, 1.807) is 11.9 Å². The van der Waals surface area contributed by atoms with E-state index in [0.717, 1.165) is 5.75 Å². The lowest BCUT2D eigenvalue weighted by atomic mass is 10.0.